The van der Waals surface area contributed by atoms with Gasteiger partial charge in [-0.2, -0.15) is 4.98 Å². The van der Waals surface area contributed by atoms with Gasteiger partial charge in [-0.15, -0.1) is 0 Å². The number of nitrogens with one attached hydrogen (secondary N) is 3. The van der Waals surface area contributed by atoms with Crippen molar-refractivity contribution in [2.24, 2.45) is 0 Å². The number of likely N-dealkylation sites (tertiary alicyclic amines) is 1. The maximum Gasteiger partial charge on any atom is 0.338 e. The van der Waals surface area contributed by atoms with Crippen molar-refractivity contribution in [2.75, 3.05) is 59.2 Å². The van der Waals surface area contributed by atoms with E-state index in [4.69, 9.17) is 31.5 Å². The predicted molar refractivity (Wildman–Crippen MR) is 153 cm³/mol. The van der Waals surface area contributed by atoms with Gasteiger partial charge < -0.3 is 35.9 Å². The molecule has 3 heterocycles. The molecule has 13 heteroatoms. The number of benzene rings is 1. The number of carbonyl (C=O) groups is 3. The lowest BCUT2D eigenvalue weighted by molar-refractivity contribution is 0.00681. The fourth-order valence-corrected chi connectivity index (χ4v) is 5.11. The van der Waals surface area contributed by atoms with Crippen LogP contribution in [0.15, 0.2) is 30.3 Å². The molecule has 2 aliphatic heterocycles. The molecule has 0 bridgehead atoms. The monoisotopic (exact) mass is 588 g/mol. The zero-order chi connectivity index (χ0) is 29.4. The van der Waals surface area contributed by atoms with Crippen molar-refractivity contribution in [3.8, 4) is 5.88 Å². The van der Waals surface area contributed by atoms with Gasteiger partial charge in [0.25, 0.3) is 11.8 Å². The Morgan fingerprint density at radius 2 is 1.80 bits per heavy atom. The topological polar surface area (TPSA) is 157 Å². The van der Waals surface area contributed by atoms with Crippen LogP contribution in [0.5, 0.6) is 5.88 Å². The Bertz CT molecular complexity index is 1220. The van der Waals surface area contributed by atoms with E-state index >= 15 is 0 Å². The van der Waals surface area contributed by atoms with Crippen LogP contribution in [0.2, 0.25) is 5.02 Å². The summed E-state index contributed by atoms with van der Waals surface area (Å²) in [4.78, 5) is 44.2. The van der Waals surface area contributed by atoms with Gasteiger partial charge in [-0.1, -0.05) is 11.6 Å². The minimum atomic E-state index is -0.380. The molecule has 2 atom stereocenters. The molecule has 2 saturated heterocycles. The van der Waals surface area contributed by atoms with Crippen LogP contribution in [-0.2, 0) is 9.47 Å². The Morgan fingerprint density at radius 3 is 2.49 bits per heavy atom. The number of nitrogen functional groups attached to an aromatic ring is 1. The number of piperidine rings is 2. The summed E-state index contributed by atoms with van der Waals surface area (Å²) in [6.45, 7) is 3.99. The summed E-state index contributed by atoms with van der Waals surface area (Å²) in [6, 6.07) is 7.69. The Morgan fingerprint density at radius 1 is 1.10 bits per heavy atom. The molecule has 0 unspecified atom stereocenters. The fourth-order valence-electron chi connectivity index (χ4n) is 4.96. The number of aromatic nitrogens is 1. The summed E-state index contributed by atoms with van der Waals surface area (Å²) in [6.07, 6.45) is 1.91. The first kappa shape index (κ1) is 30.5. The summed E-state index contributed by atoms with van der Waals surface area (Å²) in [5.74, 6) is -0.796. The maximum atomic E-state index is 13.0. The number of amides is 2. The van der Waals surface area contributed by atoms with E-state index < -0.39 is 0 Å². The number of esters is 1. The van der Waals surface area contributed by atoms with Gasteiger partial charge >= 0.3 is 5.97 Å². The molecule has 0 radical (unpaired) electrons. The number of nitrogens with zero attached hydrogens (tertiary/aromatic N) is 2. The van der Waals surface area contributed by atoms with Crippen molar-refractivity contribution in [3.63, 3.8) is 0 Å². The Balaban J connectivity index is 1.22. The third kappa shape index (κ3) is 8.07. The molecule has 222 valence electrons. The smallest absolute Gasteiger partial charge is 0.338 e. The molecule has 2 aromatic rings. The summed E-state index contributed by atoms with van der Waals surface area (Å²) < 4.78 is 16.4. The predicted octanol–water partition coefficient (Wildman–Crippen LogP) is 1.48. The van der Waals surface area contributed by atoms with Crippen LogP contribution < -0.4 is 26.4 Å². The normalized spacial score (nSPS) is 19.8. The highest BCUT2D eigenvalue weighted by molar-refractivity contribution is 6.33. The number of hydrogen-bond acceptors (Lipinski definition) is 10. The first-order chi connectivity index (χ1) is 19.8. The van der Waals surface area contributed by atoms with E-state index in [1.54, 1.807) is 31.4 Å². The van der Waals surface area contributed by atoms with Crippen LogP contribution in [0.3, 0.4) is 0 Å². The van der Waals surface area contributed by atoms with E-state index in [1.165, 1.54) is 13.2 Å². The molecule has 1 aromatic heterocycles. The van der Waals surface area contributed by atoms with E-state index in [0.717, 1.165) is 25.9 Å². The number of hydrogen-bond donors (Lipinski definition) is 4. The lowest BCUT2D eigenvalue weighted by Crippen LogP contribution is -2.55. The standard InChI is InChI=1S/C28H37ClN6O6/c1-39-23-16-35(13-9-22(23)33-26(37)20-15-21(29)24(30)34-27(20)40-2)14-12-32-25(36)17-3-5-18(6-4-17)28(38)41-19-7-10-31-11-8-19/h3-6,15,19,22-23,31H,7-14,16H2,1-2H3,(H2,30,34)(H,32,36)(H,33,37)/t22-,23+/m1/s1. The number of anilines is 1. The van der Waals surface area contributed by atoms with E-state index in [2.05, 4.69) is 25.8 Å². The lowest BCUT2D eigenvalue weighted by atomic mass is 10.0. The van der Waals surface area contributed by atoms with Gasteiger partial charge in [-0.3, -0.25) is 14.5 Å². The molecule has 41 heavy (non-hydrogen) atoms. The number of pyridine rings is 1. The van der Waals surface area contributed by atoms with Crippen LogP contribution in [0.1, 0.15) is 50.3 Å². The molecular formula is C28H37ClN6O6. The summed E-state index contributed by atoms with van der Waals surface area (Å²) >= 11 is 6.06. The van der Waals surface area contributed by atoms with Crippen molar-refractivity contribution >= 4 is 35.2 Å². The highest BCUT2D eigenvalue weighted by atomic mass is 35.5. The second kappa shape index (κ2) is 14.4. The van der Waals surface area contributed by atoms with Gasteiger partial charge in [-0.25, -0.2) is 4.79 Å². The van der Waals surface area contributed by atoms with E-state index in [1.807, 2.05) is 0 Å². The minimum absolute atomic E-state index is 0.0746. The van der Waals surface area contributed by atoms with Gasteiger partial charge in [-0.05, 0) is 62.7 Å². The largest absolute Gasteiger partial charge is 0.480 e. The van der Waals surface area contributed by atoms with Crippen LogP contribution in [0, 0.1) is 0 Å². The molecule has 0 aliphatic carbocycles. The van der Waals surface area contributed by atoms with Crippen molar-refractivity contribution in [2.45, 2.75) is 37.5 Å². The molecule has 0 spiro atoms. The average molecular weight is 589 g/mol. The van der Waals surface area contributed by atoms with Gasteiger partial charge in [0.15, 0.2) is 0 Å². The third-order valence-corrected chi connectivity index (χ3v) is 7.63. The molecular weight excluding hydrogens is 552 g/mol. The molecule has 1 aromatic carbocycles. The highest BCUT2D eigenvalue weighted by Crippen LogP contribution is 2.25. The zero-order valence-electron chi connectivity index (χ0n) is 23.3. The Kier molecular flexibility index (Phi) is 10.7. The molecule has 12 nitrogen and oxygen atoms in total. The Hall–Kier alpha value is -3.45. The minimum Gasteiger partial charge on any atom is -0.480 e. The van der Waals surface area contributed by atoms with E-state index in [-0.39, 0.29) is 58.3 Å². The number of carbonyl (C=O) groups excluding carboxylic acids is 3. The van der Waals surface area contributed by atoms with Gasteiger partial charge in [0.05, 0.1) is 29.8 Å². The van der Waals surface area contributed by atoms with Gasteiger partial charge in [0.2, 0.25) is 5.88 Å². The Labute approximate surface area is 244 Å². The van der Waals surface area contributed by atoms with E-state index in [9.17, 15) is 14.4 Å². The zero-order valence-corrected chi connectivity index (χ0v) is 24.0. The molecule has 2 amide bonds. The highest BCUT2D eigenvalue weighted by Gasteiger charge is 2.31. The molecule has 5 N–H and O–H groups in total. The molecule has 0 saturated carbocycles. The van der Waals surface area contributed by atoms with Crippen LogP contribution >= 0.6 is 11.6 Å². The number of halogens is 1. The number of rotatable bonds is 10. The maximum absolute atomic E-state index is 13.0. The van der Waals surface area contributed by atoms with Crippen LogP contribution in [-0.4, -0.2) is 99.4 Å². The van der Waals surface area contributed by atoms with Crippen molar-refractivity contribution < 1.29 is 28.6 Å². The fraction of sp³-hybridized carbons (Fsp3) is 0.500. The van der Waals surface area contributed by atoms with Crippen molar-refractivity contribution in [1.82, 2.24) is 25.8 Å². The summed E-state index contributed by atoms with van der Waals surface area (Å²) in [7, 11) is 3.01. The second-order valence-electron chi connectivity index (χ2n) is 10.0. The lowest BCUT2D eigenvalue weighted by Gasteiger charge is -2.38. The van der Waals surface area contributed by atoms with E-state index in [0.29, 0.717) is 43.7 Å². The number of ether oxygens (including phenoxy) is 3. The quantitative estimate of drug-likeness (QED) is 0.300. The van der Waals surface area contributed by atoms with Gasteiger partial charge in [0.1, 0.15) is 17.5 Å². The second-order valence-corrected chi connectivity index (χ2v) is 10.5. The third-order valence-electron chi connectivity index (χ3n) is 7.32. The van der Waals surface area contributed by atoms with Crippen LogP contribution in [0.4, 0.5) is 5.82 Å². The SMILES string of the molecule is COc1nc(N)c(Cl)cc1C(=O)N[C@@H]1CCN(CCNC(=O)c2ccc(C(=O)OC3CCNCC3)cc2)C[C@@H]1OC. The van der Waals surface area contributed by atoms with Crippen molar-refractivity contribution in [1.29, 1.82) is 0 Å². The first-order valence-corrected chi connectivity index (χ1v) is 14.0. The average Bonchev–Trinajstić information content (AvgIpc) is 2.99. The molecule has 4 rings (SSSR count). The number of nitrogens with two attached hydrogens (primary N) is 1. The molecule has 2 fully saturated rings. The van der Waals surface area contributed by atoms with Crippen LogP contribution in [0.25, 0.3) is 0 Å². The van der Waals surface area contributed by atoms with Crippen molar-refractivity contribution in [3.05, 3.63) is 52.0 Å². The van der Waals surface area contributed by atoms with Gasteiger partial charge in [0, 0.05) is 38.9 Å². The number of methoxy groups -OCH3 is 2. The summed E-state index contributed by atoms with van der Waals surface area (Å²) in [5, 5.41) is 9.32. The molecule has 2 aliphatic rings. The summed E-state index contributed by atoms with van der Waals surface area (Å²) in [5.41, 5.74) is 6.80. The first-order valence-electron chi connectivity index (χ1n) is 13.6.